The molecule has 1 aromatic heterocycles. The standard InChI is InChI=1S/C13H12ClNOS/c1-8-5-6-17-13(8)12(15-16)11-4-3-10(14)7-9(11)2/h3-7,16H,1-2H3/b15-12-. The number of aryl methyl sites for hydroxylation is 2. The highest BCUT2D eigenvalue weighted by Crippen LogP contribution is 2.24. The van der Waals surface area contributed by atoms with Crippen LogP contribution in [0, 0.1) is 13.8 Å². The molecular formula is C13H12ClNOS. The lowest BCUT2D eigenvalue weighted by Crippen LogP contribution is -2.04. The minimum absolute atomic E-state index is 0.603. The van der Waals surface area contributed by atoms with E-state index in [1.54, 1.807) is 17.4 Å². The van der Waals surface area contributed by atoms with Gasteiger partial charge < -0.3 is 5.21 Å². The third-order valence-electron chi connectivity index (χ3n) is 2.62. The summed E-state index contributed by atoms with van der Waals surface area (Å²) in [5.41, 5.74) is 3.62. The van der Waals surface area contributed by atoms with Crippen molar-refractivity contribution >= 4 is 28.6 Å². The van der Waals surface area contributed by atoms with Gasteiger partial charge in [0.2, 0.25) is 0 Å². The third kappa shape index (κ3) is 2.35. The number of halogens is 1. The van der Waals surface area contributed by atoms with Gasteiger partial charge in [0.25, 0.3) is 0 Å². The SMILES string of the molecule is Cc1cc(Cl)ccc1/C(=N/O)c1sccc1C. The van der Waals surface area contributed by atoms with Crippen LogP contribution in [0.15, 0.2) is 34.8 Å². The fourth-order valence-electron chi connectivity index (χ4n) is 1.73. The van der Waals surface area contributed by atoms with Crippen LogP contribution < -0.4 is 0 Å². The van der Waals surface area contributed by atoms with Gasteiger partial charge in [-0.25, -0.2) is 0 Å². The molecule has 17 heavy (non-hydrogen) atoms. The van der Waals surface area contributed by atoms with Crippen LogP contribution in [-0.2, 0) is 0 Å². The molecule has 0 atom stereocenters. The van der Waals surface area contributed by atoms with E-state index >= 15 is 0 Å². The monoisotopic (exact) mass is 265 g/mol. The molecule has 2 rings (SSSR count). The van der Waals surface area contributed by atoms with E-state index in [1.165, 1.54) is 0 Å². The van der Waals surface area contributed by atoms with Gasteiger partial charge in [0.1, 0.15) is 5.71 Å². The molecule has 1 N–H and O–H groups in total. The van der Waals surface area contributed by atoms with E-state index in [2.05, 4.69) is 5.16 Å². The summed E-state index contributed by atoms with van der Waals surface area (Å²) in [5, 5.41) is 15.3. The van der Waals surface area contributed by atoms with Gasteiger partial charge in [-0.05, 0) is 48.6 Å². The van der Waals surface area contributed by atoms with Crippen LogP contribution in [0.5, 0.6) is 0 Å². The van der Waals surface area contributed by atoms with Gasteiger partial charge in [0.05, 0.1) is 4.88 Å². The molecule has 0 amide bonds. The van der Waals surface area contributed by atoms with Gasteiger partial charge in [-0.1, -0.05) is 22.8 Å². The number of hydrogen-bond acceptors (Lipinski definition) is 3. The molecule has 0 aliphatic heterocycles. The minimum Gasteiger partial charge on any atom is -0.410 e. The maximum absolute atomic E-state index is 9.23. The summed E-state index contributed by atoms with van der Waals surface area (Å²) in [6.07, 6.45) is 0. The first-order valence-corrected chi connectivity index (χ1v) is 6.42. The Bertz CT molecular complexity index is 575. The molecule has 88 valence electrons. The lowest BCUT2D eigenvalue weighted by atomic mass is 10.0. The average Bonchev–Trinajstić information content (AvgIpc) is 2.69. The lowest BCUT2D eigenvalue weighted by molar-refractivity contribution is 0.319. The largest absolute Gasteiger partial charge is 0.410 e. The van der Waals surface area contributed by atoms with Crippen LogP contribution in [-0.4, -0.2) is 10.9 Å². The Balaban J connectivity index is 2.55. The average molecular weight is 266 g/mol. The molecule has 0 saturated heterocycles. The van der Waals surface area contributed by atoms with Crippen LogP contribution in [0.3, 0.4) is 0 Å². The number of nitrogens with zero attached hydrogens (tertiary/aromatic N) is 1. The van der Waals surface area contributed by atoms with Crippen molar-refractivity contribution in [3.05, 3.63) is 56.2 Å². The Morgan fingerprint density at radius 2 is 2.00 bits per heavy atom. The highest BCUT2D eigenvalue weighted by atomic mass is 35.5. The maximum atomic E-state index is 9.23. The van der Waals surface area contributed by atoms with Gasteiger partial charge in [0.15, 0.2) is 0 Å². The Morgan fingerprint density at radius 1 is 1.24 bits per heavy atom. The van der Waals surface area contributed by atoms with Crippen molar-refractivity contribution < 1.29 is 5.21 Å². The predicted octanol–water partition coefficient (Wildman–Crippen LogP) is 4.24. The topological polar surface area (TPSA) is 32.6 Å². The summed E-state index contributed by atoms with van der Waals surface area (Å²) in [6, 6.07) is 7.56. The molecule has 1 aromatic carbocycles. The van der Waals surface area contributed by atoms with Gasteiger partial charge in [-0.15, -0.1) is 11.3 Å². The normalized spacial score (nSPS) is 11.8. The van der Waals surface area contributed by atoms with Crippen LogP contribution in [0.1, 0.15) is 21.6 Å². The van der Waals surface area contributed by atoms with Crippen molar-refractivity contribution in [1.82, 2.24) is 0 Å². The van der Waals surface area contributed by atoms with E-state index in [0.717, 1.165) is 21.6 Å². The van der Waals surface area contributed by atoms with Crippen molar-refractivity contribution in [2.75, 3.05) is 0 Å². The number of benzene rings is 1. The Kier molecular flexibility index (Phi) is 3.50. The van der Waals surface area contributed by atoms with Crippen LogP contribution >= 0.6 is 22.9 Å². The fourth-order valence-corrected chi connectivity index (χ4v) is 2.88. The highest BCUT2D eigenvalue weighted by molar-refractivity contribution is 7.12. The summed E-state index contributed by atoms with van der Waals surface area (Å²) >= 11 is 7.49. The van der Waals surface area contributed by atoms with Gasteiger partial charge in [-0.3, -0.25) is 0 Å². The third-order valence-corrected chi connectivity index (χ3v) is 3.88. The van der Waals surface area contributed by atoms with Crippen LogP contribution in [0.2, 0.25) is 5.02 Å². The summed E-state index contributed by atoms with van der Waals surface area (Å²) in [4.78, 5) is 0.984. The lowest BCUT2D eigenvalue weighted by Gasteiger charge is -2.07. The van der Waals surface area contributed by atoms with Crippen molar-refractivity contribution in [3.8, 4) is 0 Å². The van der Waals surface area contributed by atoms with Gasteiger partial charge >= 0.3 is 0 Å². The molecule has 0 fully saturated rings. The van der Waals surface area contributed by atoms with Crippen LogP contribution in [0.25, 0.3) is 0 Å². The van der Waals surface area contributed by atoms with E-state index in [4.69, 9.17) is 11.6 Å². The molecule has 0 bridgehead atoms. The molecule has 0 saturated carbocycles. The Labute approximate surface area is 109 Å². The van der Waals surface area contributed by atoms with E-state index < -0.39 is 0 Å². The van der Waals surface area contributed by atoms with E-state index in [-0.39, 0.29) is 0 Å². The van der Waals surface area contributed by atoms with E-state index in [1.807, 2.05) is 37.4 Å². The molecular weight excluding hydrogens is 254 g/mol. The number of thiophene rings is 1. The summed E-state index contributed by atoms with van der Waals surface area (Å²) in [6.45, 7) is 3.96. The van der Waals surface area contributed by atoms with E-state index in [9.17, 15) is 5.21 Å². The second-order valence-corrected chi connectivity index (χ2v) is 5.19. The predicted molar refractivity (Wildman–Crippen MR) is 72.7 cm³/mol. The van der Waals surface area contributed by atoms with Crippen molar-refractivity contribution in [3.63, 3.8) is 0 Å². The molecule has 1 heterocycles. The minimum atomic E-state index is 0.603. The molecule has 0 radical (unpaired) electrons. The summed E-state index contributed by atoms with van der Waals surface area (Å²) < 4.78 is 0. The molecule has 2 nitrogen and oxygen atoms in total. The van der Waals surface area contributed by atoms with Crippen molar-refractivity contribution in [2.24, 2.45) is 5.16 Å². The first kappa shape index (κ1) is 12.1. The second-order valence-electron chi connectivity index (χ2n) is 3.84. The smallest absolute Gasteiger partial charge is 0.127 e. The Morgan fingerprint density at radius 3 is 2.53 bits per heavy atom. The molecule has 2 aromatic rings. The van der Waals surface area contributed by atoms with Gasteiger partial charge in [-0.2, -0.15) is 0 Å². The molecule has 0 unspecified atom stereocenters. The summed E-state index contributed by atoms with van der Waals surface area (Å²) in [7, 11) is 0. The number of rotatable bonds is 2. The number of hydrogen-bond donors (Lipinski definition) is 1. The zero-order chi connectivity index (χ0) is 12.4. The molecule has 4 heteroatoms. The van der Waals surface area contributed by atoms with Crippen LogP contribution in [0.4, 0.5) is 0 Å². The Hall–Kier alpha value is -1.32. The quantitative estimate of drug-likeness (QED) is 0.492. The summed E-state index contributed by atoms with van der Waals surface area (Å²) in [5.74, 6) is 0. The van der Waals surface area contributed by atoms with Gasteiger partial charge in [0, 0.05) is 10.6 Å². The number of oxime groups is 1. The maximum Gasteiger partial charge on any atom is 0.127 e. The van der Waals surface area contributed by atoms with Crippen molar-refractivity contribution in [1.29, 1.82) is 0 Å². The zero-order valence-corrected chi connectivity index (χ0v) is 11.1. The molecule has 0 aliphatic carbocycles. The zero-order valence-electron chi connectivity index (χ0n) is 9.57. The molecule has 0 spiro atoms. The fraction of sp³-hybridized carbons (Fsp3) is 0.154. The van der Waals surface area contributed by atoms with Crippen molar-refractivity contribution in [2.45, 2.75) is 13.8 Å². The molecule has 0 aliphatic rings. The van der Waals surface area contributed by atoms with E-state index in [0.29, 0.717) is 10.7 Å². The first-order chi connectivity index (χ1) is 8.13. The first-order valence-electron chi connectivity index (χ1n) is 5.16. The highest BCUT2D eigenvalue weighted by Gasteiger charge is 2.14. The second kappa shape index (κ2) is 4.90.